The van der Waals surface area contributed by atoms with Crippen LogP contribution in [0.25, 0.3) is 0 Å². The van der Waals surface area contributed by atoms with Crippen molar-refractivity contribution in [2.24, 2.45) is 5.73 Å². The van der Waals surface area contributed by atoms with Crippen molar-refractivity contribution in [2.75, 3.05) is 7.05 Å². The van der Waals surface area contributed by atoms with E-state index in [1.807, 2.05) is 24.4 Å². The van der Waals surface area contributed by atoms with Crippen LogP contribution in [-0.4, -0.2) is 29.0 Å². The number of hydrogen-bond acceptors (Lipinski definition) is 3. The van der Waals surface area contributed by atoms with Crippen molar-refractivity contribution in [1.82, 2.24) is 9.88 Å². The lowest BCUT2D eigenvalue weighted by Crippen LogP contribution is -2.43. The largest absolute Gasteiger partial charge is 0.326 e. The van der Waals surface area contributed by atoms with Crippen LogP contribution < -0.4 is 5.73 Å². The van der Waals surface area contributed by atoms with Gasteiger partial charge in [-0.15, -0.1) is 0 Å². The molecule has 1 aromatic rings. The summed E-state index contributed by atoms with van der Waals surface area (Å²) in [7, 11) is 2.09. The Balaban J connectivity index is 2.52. The monoisotopic (exact) mass is 207 g/mol. The Kier molecular flexibility index (Phi) is 4.72. The van der Waals surface area contributed by atoms with Crippen LogP contribution in [0.4, 0.5) is 0 Å². The zero-order valence-corrected chi connectivity index (χ0v) is 9.85. The molecule has 1 aromatic heterocycles. The number of nitrogens with two attached hydrogens (primary N) is 1. The highest BCUT2D eigenvalue weighted by Crippen LogP contribution is 2.07. The molecule has 3 nitrogen and oxygen atoms in total. The second kappa shape index (κ2) is 5.83. The summed E-state index contributed by atoms with van der Waals surface area (Å²) in [4.78, 5) is 6.55. The molecule has 0 aliphatic heterocycles. The summed E-state index contributed by atoms with van der Waals surface area (Å²) in [6.45, 7) is 5.14. The fraction of sp³-hybridized carbons (Fsp3) is 0.583. The molecule has 3 heteroatoms. The van der Waals surface area contributed by atoms with Gasteiger partial charge in [0, 0.05) is 24.8 Å². The van der Waals surface area contributed by atoms with Gasteiger partial charge < -0.3 is 5.73 Å². The summed E-state index contributed by atoms with van der Waals surface area (Å²) < 4.78 is 0. The second-order valence-electron chi connectivity index (χ2n) is 4.05. The summed E-state index contributed by atoms with van der Waals surface area (Å²) in [5.41, 5.74) is 7.10. The lowest BCUT2D eigenvalue weighted by atomic mass is 10.1. The average molecular weight is 207 g/mol. The van der Waals surface area contributed by atoms with Crippen molar-refractivity contribution in [2.45, 2.75) is 38.9 Å². The van der Waals surface area contributed by atoms with Gasteiger partial charge in [0.2, 0.25) is 0 Å². The first-order valence-corrected chi connectivity index (χ1v) is 5.51. The fourth-order valence-corrected chi connectivity index (χ4v) is 1.56. The van der Waals surface area contributed by atoms with Gasteiger partial charge in [-0.05, 0) is 32.5 Å². The number of hydrogen-bond donors (Lipinski definition) is 1. The van der Waals surface area contributed by atoms with Crippen LogP contribution in [0, 0.1) is 0 Å². The van der Waals surface area contributed by atoms with Crippen molar-refractivity contribution in [3.8, 4) is 0 Å². The lowest BCUT2D eigenvalue weighted by molar-refractivity contribution is 0.213. The van der Waals surface area contributed by atoms with E-state index in [2.05, 4.69) is 30.8 Å². The summed E-state index contributed by atoms with van der Waals surface area (Å²) >= 11 is 0. The molecule has 0 saturated heterocycles. The number of pyridine rings is 1. The molecular weight excluding hydrogens is 186 g/mol. The minimum Gasteiger partial charge on any atom is -0.326 e. The molecule has 0 amide bonds. The molecule has 1 heterocycles. The van der Waals surface area contributed by atoms with Gasteiger partial charge in [-0.1, -0.05) is 13.0 Å². The van der Waals surface area contributed by atoms with Crippen LogP contribution in [0.5, 0.6) is 0 Å². The molecule has 2 unspecified atom stereocenters. The number of likely N-dealkylation sites (N-methyl/N-ethyl adjacent to an activating group) is 1. The first kappa shape index (κ1) is 12.1. The highest BCUT2D eigenvalue weighted by molar-refractivity contribution is 5.03. The molecule has 84 valence electrons. The SMILES string of the molecule is CCC(N)C(C)N(C)Cc1ccccn1. The highest BCUT2D eigenvalue weighted by Gasteiger charge is 2.15. The normalized spacial score (nSPS) is 15.3. The Morgan fingerprint density at radius 2 is 2.20 bits per heavy atom. The Hall–Kier alpha value is -0.930. The minimum absolute atomic E-state index is 0.235. The summed E-state index contributed by atoms with van der Waals surface area (Å²) in [5, 5.41) is 0. The molecule has 1 rings (SSSR count). The lowest BCUT2D eigenvalue weighted by Gasteiger charge is -2.28. The van der Waals surface area contributed by atoms with Gasteiger partial charge in [-0.25, -0.2) is 0 Å². The molecule has 2 N–H and O–H groups in total. The maximum absolute atomic E-state index is 6.01. The zero-order valence-electron chi connectivity index (χ0n) is 9.85. The highest BCUT2D eigenvalue weighted by atomic mass is 15.1. The predicted molar refractivity (Wildman–Crippen MR) is 63.4 cm³/mol. The molecule has 0 aliphatic carbocycles. The van der Waals surface area contributed by atoms with Crippen LogP contribution in [0.2, 0.25) is 0 Å². The topological polar surface area (TPSA) is 42.1 Å². The number of aromatic nitrogens is 1. The molecule has 15 heavy (non-hydrogen) atoms. The van der Waals surface area contributed by atoms with Gasteiger partial charge in [0.15, 0.2) is 0 Å². The second-order valence-corrected chi connectivity index (χ2v) is 4.05. The Labute approximate surface area is 92.3 Å². The molecule has 2 atom stereocenters. The van der Waals surface area contributed by atoms with Crippen molar-refractivity contribution < 1.29 is 0 Å². The van der Waals surface area contributed by atoms with Gasteiger partial charge >= 0.3 is 0 Å². The smallest absolute Gasteiger partial charge is 0.0543 e. The Morgan fingerprint density at radius 3 is 2.73 bits per heavy atom. The zero-order chi connectivity index (χ0) is 11.3. The third-order valence-corrected chi connectivity index (χ3v) is 2.92. The van der Waals surface area contributed by atoms with Crippen LogP contribution in [-0.2, 0) is 6.54 Å². The van der Waals surface area contributed by atoms with Gasteiger partial charge in [-0.2, -0.15) is 0 Å². The summed E-state index contributed by atoms with van der Waals surface area (Å²) in [6.07, 6.45) is 2.83. The number of nitrogens with zero attached hydrogens (tertiary/aromatic N) is 2. The fourth-order valence-electron chi connectivity index (χ4n) is 1.56. The van der Waals surface area contributed by atoms with Crippen LogP contribution in [0.1, 0.15) is 26.0 Å². The molecule has 0 aromatic carbocycles. The minimum atomic E-state index is 0.235. The predicted octanol–water partition coefficient (Wildman–Crippen LogP) is 1.64. The van der Waals surface area contributed by atoms with Gasteiger partial charge in [0.25, 0.3) is 0 Å². The Bertz CT molecular complexity index is 273. The molecule has 0 fully saturated rings. The Morgan fingerprint density at radius 1 is 1.47 bits per heavy atom. The molecule has 0 bridgehead atoms. The van der Waals surface area contributed by atoms with E-state index in [9.17, 15) is 0 Å². The molecular formula is C12H21N3. The van der Waals surface area contributed by atoms with E-state index in [4.69, 9.17) is 5.73 Å². The van der Waals surface area contributed by atoms with Gasteiger partial charge in [0.05, 0.1) is 5.69 Å². The van der Waals surface area contributed by atoms with Gasteiger partial charge in [0.1, 0.15) is 0 Å². The van der Waals surface area contributed by atoms with Crippen molar-refractivity contribution in [3.05, 3.63) is 30.1 Å². The van der Waals surface area contributed by atoms with E-state index < -0.39 is 0 Å². The summed E-state index contributed by atoms with van der Waals surface area (Å²) in [6, 6.07) is 6.61. The third kappa shape index (κ3) is 3.61. The van der Waals surface area contributed by atoms with Crippen molar-refractivity contribution in [3.63, 3.8) is 0 Å². The van der Waals surface area contributed by atoms with E-state index >= 15 is 0 Å². The van der Waals surface area contributed by atoms with Crippen LogP contribution >= 0.6 is 0 Å². The quantitative estimate of drug-likeness (QED) is 0.798. The maximum atomic E-state index is 6.01. The number of rotatable bonds is 5. The van der Waals surface area contributed by atoms with E-state index in [0.29, 0.717) is 6.04 Å². The maximum Gasteiger partial charge on any atom is 0.0543 e. The molecule has 0 radical (unpaired) electrons. The van der Waals surface area contributed by atoms with E-state index in [1.165, 1.54) is 0 Å². The van der Waals surface area contributed by atoms with E-state index in [0.717, 1.165) is 18.7 Å². The van der Waals surface area contributed by atoms with Gasteiger partial charge in [-0.3, -0.25) is 9.88 Å². The molecule has 0 saturated carbocycles. The molecule has 0 spiro atoms. The molecule has 0 aliphatic rings. The van der Waals surface area contributed by atoms with Crippen molar-refractivity contribution >= 4 is 0 Å². The third-order valence-electron chi connectivity index (χ3n) is 2.92. The van der Waals surface area contributed by atoms with Crippen LogP contribution in [0.3, 0.4) is 0 Å². The average Bonchev–Trinajstić information content (AvgIpc) is 2.28. The van der Waals surface area contributed by atoms with E-state index in [-0.39, 0.29) is 6.04 Å². The standard InChI is InChI=1S/C12H21N3/c1-4-12(13)10(2)15(3)9-11-7-5-6-8-14-11/h5-8,10,12H,4,9,13H2,1-3H3. The first-order chi connectivity index (χ1) is 7.15. The van der Waals surface area contributed by atoms with Crippen LogP contribution in [0.15, 0.2) is 24.4 Å². The first-order valence-electron chi connectivity index (χ1n) is 5.51. The van der Waals surface area contributed by atoms with E-state index in [1.54, 1.807) is 0 Å². The van der Waals surface area contributed by atoms with Crippen molar-refractivity contribution in [1.29, 1.82) is 0 Å². The summed E-state index contributed by atoms with van der Waals surface area (Å²) in [5.74, 6) is 0.